The van der Waals surface area contributed by atoms with Crippen LogP contribution in [0.1, 0.15) is 10.4 Å². The zero-order valence-corrected chi connectivity index (χ0v) is 11.5. The normalized spacial score (nSPS) is 11.9. The molecule has 1 aromatic carbocycles. The lowest BCUT2D eigenvalue weighted by atomic mass is 10.1. The van der Waals surface area contributed by atoms with Crippen LogP contribution in [0.4, 0.5) is 0 Å². The molecule has 0 fully saturated rings. The molecule has 0 saturated heterocycles. The van der Waals surface area contributed by atoms with E-state index in [4.69, 9.17) is 5.73 Å². The number of carbonyl (C=O) groups is 1. The predicted octanol–water partition coefficient (Wildman–Crippen LogP) is 2.55. The van der Waals surface area contributed by atoms with Gasteiger partial charge in [0.05, 0.1) is 8.07 Å². The Bertz CT molecular complexity index is 554. The number of rotatable bonds is 2. The smallest absolute Gasteiger partial charge is 0.249 e. The summed E-state index contributed by atoms with van der Waals surface area (Å²) in [4.78, 5) is 11.6. The van der Waals surface area contributed by atoms with E-state index in [0.717, 1.165) is 20.8 Å². The number of nitrogens with two attached hydrogens (primary N) is 1. The van der Waals surface area contributed by atoms with Gasteiger partial charge in [-0.1, -0.05) is 25.7 Å². The topological polar surface area (TPSA) is 43.1 Å². The fraction of sp³-hybridized carbons (Fsp3) is 0.250. The van der Waals surface area contributed by atoms with Crippen molar-refractivity contribution >= 4 is 40.6 Å². The standard InChI is InChI=1S/C12H15NOSSi/c1-16(2,3)10-5-4-9-8(6-7-15-9)11(10)12(13)14/h4-7H,1-3H3,(H2,13,14). The molecule has 0 atom stereocenters. The van der Waals surface area contributed by atoms with Crippen molar-refractivity contribution < 1.29 is 4.79 Å². The minimum Gasteiger partial charge on any atom is -0.366 e. The lowest BCUT2D eigenvalue weighted by Crippen LogP contribution is -2.42. The van der Waals surface area contributed by atoms with Gasteiger partial charge in [-0.25, -0.2) is 0 Å². The summed E-state index contributed by atoms with van der Waals surface area (Å²) in [5, 5.41) is 4.17. The van der Waals surface area contributed by atoms with Gasteiger partial charge in [0.25, 0.3) is 0 Å². The molecular weight excluding hydrogens is 234 g/mol. The number of hydrogen-bond donors (Lipinski definition) is 1. The zero-order chi connectivity index (χ0) is 11.9. The molecule has 1 amide bonds. The Hall–Kier alpha value is -1.13. The van der Waals surface area contributed by atoms with E-state index in [0.29, 0.717) is 0 Å². The lowest BCUT2D eigenvalue weighted by molar-refractivity contribution is 0.100. The summed E-state index contributed by atoms with van der Waals surface area (Å²) in [6.07, 6.45) is 0. The van der Waals surface area contributed by atoms with E-state index in [1.54, 1.807) is 11.3 Å². The second kappa shape index (κ2) is 3.71. The molecule has 2 aromatic rings. The average Bonchev–Trinajstić information content (AvgIpc) is 2.61. The van der Waals surface area contributed by atoms with Crippen LogP contribution in [0.5, 0.6) is 0 Å². The van der Waals surface area contributed by atoms with E-state index >= 15 is 0 Å². The Morgan fingerprint density at radius 2 is 1.94 bits per heavy atom. The largest absolute Gasteiger partial charge is 0.366 e. The van der Waals surface area contributed by atoms with Gasteiger partial charge >= 0.3 is 0 Å². The van der Waals surface area contributed by atoms with Crippen LogP contribution in [0.15, 0.2) is 23.6 Å². The highest BCUT2D eigenvalue weighted by molar-refractivity contribution is 7.17. The minimum atomic E-state index is -1.53. The molecule has 0 aliphatic heterocycles. The van der Waals surface area contributed by atoms with E-state index < -0.39 is 8.07 Å². The van der Waals surface area contributed by atoms with Gasteiger partial charge in [-0.05, 0) is 22.7 Å². The first-order valence-electron chi connectivity index (χ1n) is 5.22. The molecule has 4 heteroatoms. The van der Waals surface area contributed by atoms with Crippen molar-refractivity contribution in [3.63, 3.8) is 0 Å². The maximum atomic E-state index is 11.6. The number of primary amides is 1. The summed E-state index contributed by atoms with van der Waals surface area (Å²) in [6.45, 7) is 6.69. The summed E-state index contributed by atoms with van der Waals surface area (Å²) in [6, 6.07) is 6.16. The number of hydrogen-bond acceptors (Lipinski definition) is 2. The molecule has 84 valence electrons. The maximum absolute atomic E-state index is 11.6. The summed E-state index contributed by atoms with van der Waals surface area (Å²) < 4.78 is 1.14. The Labute approximate surface area is 100 Å². The molecule has 0 bridgehead atoms. The van der Waals surface area contributed by atoms with Crippen LogP contribution < -0.4 is 10.9 Å². The van der Waals surface area contributed by atoms with Gasteiger partial charge in [0, 0.05) is 15.6 Å². The molecule has 0 saturated carbocycles. The molecule has 0 radical (unpaired) electrons. The second-order valence-corrected chi connectivity index (χ2v) is 10.9. The van der Waals surface area contributed by atoms with Crippen LogP contribution >= 0.6 is 11.3 Å². The van der Waals surface area contributed by atoms with Crippen molar-refractivity contribution in [3.05, 3.63) is 29.1 Å². The highest BCUT2D eigenvalue weighted by Gasteiger charge is 2.24. The Balaban J connectivity index is 2.84. The Morgan fingerprint density at radius 3 is 2.50 bits per heavy atom. The van der Waals surface area contributed by atoms with Crippen molar-refractivity contribution in [1.29, 1.82) is 0 Å². The molecule has 1 aromatic heterocycles. The van der Waals surface area contributed by atoms with Crippen LogP contribution in [0.2, 0.25) is 19.6 Å². The Kier molecular flexibility index (Phi) is 2.63. The predicted molar refractivity (Wildman–Crippen MR) is 73.3 cm³/mol. The van der Waals surface area contributed by atoms with Crippen LogP contribution in [0, 0.1) is 0 Å². The van der Waals surface area contributed by atoms with Crippen LogP contribution in [-0.2, 0) is 0 Å². The van der Waals surface area contributed by atoms with Crippen LogP contribution in [0.25, 0.3) is 10.1 Å². The molecule has 0 unspecified atom stereocenters. The fourth-order valence-electron chi connectivity index (χ4n) is 1.93. The first-order valence-corrected chi connectivity index (χ1v) is 9.59. The number of benzene rings is 1. The van der Waals surface area contributed by atoms with Gasteiger partial charge in [-0.15, -0.1) is 11.3 Å². The summed E-state index contributed by atoms with van der Waals surface area (Å²) in [7, 11) is -1.53. The number of carbonyl (C=O) groups excluding carboxylic acids is 1. The van der Waals surface area contributed by atoms with Crippen molar-refractivity contribution in [2.45, 2.75) is 19.6 Å². The van der Waals surface area contributed by atoms with Crippen molar-refractivity contribution in [2.75, 3.05) is 0 Å². The first-order chi connectivity index (χ1) is 7.41. The van der Waals surface area contributed by atoms with Gasteiger partial charge in [-0.2, -0.15) is 0 Å². The highest BCUT2D eigenvalue weighted by atomic mass is 32.1. The fourth-order valence-corrected chi connectivity index (χ4v) is 4.32. The van der Waals surface area contributed by atoms with Gasteiger partial charge in [0.15, 0.2) is 0 Å². The van der Waals surface area contributed by atoms with E-state index in [9.17, 15) is 4.79 Å². The third-order valence-corrected chi connectivity index (χ3v) is 5.60. The van der Waals surface area contributed by atoms with E-state index in [2.05, 4.69) is 31.8 Å². The minimum absolute atomic E-state index is 0.304. The second-order valence-electron chi connectivity index (χ2n) is 4.93. The molecule has 0 aliphatic rings. The molecule has 2 N–H and O–H groups in total. The lowest BCUT2D eigenvalue weighted by Gasteiger charge is -2.20. The monoisotopic (exact) mass is 249 g/mol. The maximum Gasteiger partial charge on any atom is 0.249 e. The zero-order valence-electron chi connectivity index (χ0n) is 9.70. The molecule has 2 rings (SSSR count). The third-order valence-electron chi connectivity index (χ3n) is 2.69. The van der Waals surface area contributed by atoms with Crippen LogP contribution in [0.3, 0.4) is 0 Å². The van der Waals surface area contributed by atoms with Crippen molar-refractivity contribution in [2.24, 2.45) is 5.73 Å². The summed E-state index contributed by atoms with van der Waals surface area (Å²) in [5.41, 5.74) is 6.26. The number of amides is 1. The third kappa shape index (κ3) is 1.78. The molecular formula is C12H15NOSSi. The van der Waals surface area contributed by atoms with Crippen molar-refractivity contribution in [3.8, 4) is 0 Å². The van der Waals surface area contributed by atoms with Crippen molar-refractivity contribution in [1.82, 2.24) is 0 Å². The van der Waals surface area contributed by atoms with E-state index in [1.165, 1.54) is 0 Å². The van der Waals surface area contributed by atoms with E-state index in [-0.39, 0.29) is 5.91 Å². The average molecular weight is 249 g/mol. The molecule has 1 heterocycles. The molecule has 0 aliphatic carbocycles. The first kappa shape index (κ1) is 11.4. The number of thiophene rings is 1. The van der Waals surface area contributed by atoms with Gasteiger partial charge < -0.3 is 5.73 Å². The van der Waals surface area contributed by atoms with Gasteiger partial charge in [0.1, 0.15) is 0 Å². The van der Waals surface area contributed by atoms with E-state index in [1.807, 2.05) is 11.4 Å². The van der Waals surface area contributed by atoms with Gasteiger partial charge in [0.2, 0.25) is 5.91 Å². The summed E-state index contributed by atoms with van der Waals surface area (Å²) in [5.74, 6) is -0.304. The molecule has 2 nitrogen and oxygen atoms in total. The van der Waals surface area contributed by atoms with Gasteiger partial charge in [-0.3, -0.25) is 4.79 Å². The van der Waals surface area contributed by atoms with Crippen LogP contribution in [-0.4, -0.2) is 14.0 Å². The molecule has 16 heavy (non-hydrogen) atoms. The quantitative estimate of drug-likeness (QED) is 0.817. The SMILES string of the molecule is C[Si](C)(C)c1ccc2sccc2c1C(N)=O. The number of fused-ring (bicyclic) bond motifs is 1. The molecule has 0 spiro atoms. The highest BCUT2D eigenvalue weighted by Crippen LogP contribution is 2.24. The summed E-state index contributed by atoms with van der Waals surface area (Å²) >= 11 is 1.65. The Morgan fingerprint density at radius 1 is 1.25 bits per heavy atom.